The van der Waals surface area contributed by atoms with Crippen molar-refractivity contribution in [1.82, 2.24) is 14.9 Å². The first-order valence-electron chi connectivity index (χ1n) is 8.38. The minimum Gasteiger partial charge on any atom is -0.444 e. The Bertz CT molecular complexity index is 889. The molecule has 0 radical (unpaired) electrons. The Hall–Kier alpha value is -1.78. The first kappa shape index (κ1) is 19.0. The highest BCUT2D eigenvalue weighted by Crippen LogP contribution is 2.36. The molecule has 1 saturated heterocycles. The maximum Gasteiger partial charge on any atom is 0.410 e. The van der Waals surface area contributed by atoms with E-state index in [0.29, 0.717) is 36.8 Å². The van der Waals surface area contributed by atoms with Gasteiger partial charge in [0.1, 0.15) is 22.4 Å². The van der Waals surface area contributed by atoms with Gasteiger partial charge in [0, 0.05) is 22.6 Å². The van der Waals surface area contributed by atoms with Gasteiger partial charge in [0.05, 0.1) is 11.6 Å². The van der Waals surface area contributed by atoms with E-state index in [0.717, 1.165) is 15.5 Å². The fraction of sp³-hybridized carbons (Fsp3) is 0.500. The van der Waals surface area contributed by atoms with Crippen LogP contribution in [-0.2, 0) is 10.2 Å². The molecule has 0 unspecified atom stereocenters. The number of hydrogen-bond acceptors (Lipinski definition) is 4. The SMILES string of the molecule is CC(C)(C)OC(=O)N1CCC(C#N)(c2nc3c(Br)cc(Cl)cc3[nH]2)CC1. The van der Waals surface area contributed by atoms with Crippen molar-refractivity contribution in [2.75, 3.05) is 13.1 Å². The Morgan fingerprint density at radius 2 is 2.08 bits per heavy atom. The molecule has 1 N–H and O–H groups in total. The molecule has 1 amide bonds. The van der Waals surface area contributed by atoms with Crippen LogP contribution in [0.1, 0.15) is 39.4 Å². The van der Waals surface area contributed by atoms with Crippen molar-refractivity contribution < 1.29 is 9.53 Å². The van der Waals surface area contributed by atoms with Gasteiger partial charge in [-0.05, 0) is 61.7 Å². The van der Waals surface area contributed by atoms with E-state index in [-0.39, 0.29) is 6.09 Å². The monoisotopic (exact) mass is 438 g/mol. The lowest BCUT2D eigenvalue weighted by Gasteiger charge is -2.36. The molecule has 0 aliphatic carbocycles. The van der Waals surface area contributed by atoms with Crippen molar-refractivity contribution in [2.45, 2.75) is 44.6 Å². The lowest BCUT2D eigenvalue weighted by molar-refractivity contribution is 0.0182. The van der Waals surface area contributed by atoms with Crippen LogP contribution in [0.3, 0.4) is 0 Å². The zero-order chi connectivity index (χ0) is 19.1. The summed E-state index contributed by atoms with van der Waals surface area (Å²) in [6.07, 6.45) is 0.644. The largest absolute Gasteiger partial charge is 0.444 e. The van der Waals surface area contributed by atoms with Gasteiger partial charge in [-0.3, -0.25) is 0 Å². The molecule has 3 rings (SSSR count). The summed E-state index contributed by atoms with van der Waals surface area (Å²) in [6, 6.07) is 5.98. The number of hydrogen-bond donors (Lipinski definition) is 1. The van der Waals surface area contributed by atoms with Gasteiger partial charge >= 0.3 is 6.09 Å². The molecule has 1 aliphatic heterocycles. The highest BCUT2D eigenvalue weighted by molar-refractivity contribution is 9.10. The number of nitrogens with one attached hydrogen (secondary N) is 1. The first-order chi connectivity index (χ1) is 12.1. The first-order valence-corrected chi connectivity index (χ1v) is 9.55. The minimum atomic E-state index is -0.760. The Morgan fingerprint density at radius 1 is 1.42 bits per heavy atom. The number of nitrogens with zero attached hydrogens (tertiary/aromatic N) is 3. The Labute approximate surface area is 165 Å². The average molecular weight is 440 g/mol. The third-order valence-electron chi connectivity index (χ3n) is 4.44. The van der Waals surface area contributed by atoms with Gasteiger partial charge in [-0.1, -0.05) is 11.6 Å². The maximum atomic E-state index is 12.2. The van der Waals surface area contributed by atoms with E-state index in [4.69, 9.17) is 16.3 Å². The summed E-state index contributed by atoms with van der Waals surface area (Å²) in [5, 5.41) is 10.5. The van der Waals surface area contributed by atoms with Crippen molar-refractivity contribution in [3.05, 3.63) is 27.5 Å². The molecule has 0 atom stereocenters. The van der Waals surface area contributed by atoms with E-state index >= 15 is 0 Å². The summed E-state index contributed by atoms with van der Waals surface area (Å²) >= 11 is 9.56. The third kappa shape index (κ3) is 3.67. The van der Waals surface area contributed by atoms with Gasteiger partial charge < -0.3 is 14.6 Å². The van der Waals surface area contributed by atoms with Crippen LogP contribution in [-0.4, -0.2) is 39.7 Å². The number of aromatic nitrogens is 2. The number of halogens is 2. The van der Waals surface area contributed by atoms with Crippen LogP contribution in [0.4, 0.5) is 4.79 Å². The average Bonchev–Trinajstić information content (AvgIpc) is 2.98. The van der Waals surface area contributed by atoms with Gasteiger partial charge in [0.15, 0.2) is 0 Å². The van der Waals surface area contributed by atoms with E-state index in [2.05, 4.69) is 32.0 Å². The third-order valence-corrected chi connectivity index (χ3v) is 5.26. The quantitative estimate of drug-likeness (QED) is 0.694. The zero-order valence-electron chi connectivity index (χ0n) is 14.9. The smallest absolute Gasteiger partial charge is 0.410 e. The minimum absolute atomic E-state index is 0.344. The summed E-state index contributed by atoms with van der Waals surface area (Å²) < 4.78 is 6.20. The number of carbonyl (C=O) groups excluding carboxylic acids is 1. The number of imidazole rings is 1. The normalized spacial score (nSPS) is 17.2. The summed E-state index contributed by atoms with van der Waals surface area (Å²) in [4.78, 5) is 21.8. The molecule has 2 aromatic rings. The fourth-order valence-electron chi connectivity index (χ4n) is 3.07. The highest BCUT2D eigenvalue weighted by atomic mass is 79.9. The molecule has 1 aromatic carbocycles. The Balaban J connectivity index is 1.83. The van der Waals surface area contributed by atoms with Crippen LogP contribution in [0.25, 0.3) is 11.0 Å². The molecule has 2 heterocycles. The van der Waals surface area contributed by atoms with Crippen LogP contribution < -0.4 is 0 Å². The summed E-state index contributed by atoms with van der Waals surface area (Å²) in [5.74, 6) is 0.613. The van der Waals surface area contributed by atoms with Crippen molar-refractivity contribution >= 4 is 44.7 Å². The van der Waals surface area contributed by atoms with E-state index < -0.39 is 11.0 Å². The van der Waals surface area contributed by atoms with Crippen LogP contribution in [0.2, 0.25) is 5.02 Å². The van der Waals surface area contributed by atoms with E-state index in [1.165, 1.54) is 0 Å². The summed E-state index contributed by atoms with van der Waals surface area (Å²) in [7, 11) is 0. The number of piperidine rings is 1. The van der Waals surface area contributed by atoms with Gasteiger partial charge in [-0.25, -0.2) is 9.78 Å². The number of benzene rings is 1. The molecule has 1 fully saturated rings. The fourth-order valence-corrected chi connectivity index (χ4v) is 3.97. The van der Waals surface area contributed by atoms with Crippen molar-refractivity contribution in [3.8, 4) is 6.07 Å². The molecule has 138 valence electrons. The number of rotatable bonds is 1. The lowest BCUT2D eigenvalue weighted by atomic mass is 9.79. The highest BCUT2D eigenvalue weighted by Gasteiger charge is 2.41. The van der Waals surface area contributed by atoms with Crippen molar-refractivity contribution in [2.24, 2.45) is 0 Å². The summed E-state index contributed by atoms with van der Waals surface area (Å²) in [6.45, 7) is 6.41. The second kappa shape index (κ2) is 6.75. The van der Waals surface area contributed by atoms with Crippen LogP contribution in [0, 0.1) is 11.3 Å². The predicted octanol–water partition coefficient (Wildman–Crippen LogP) is 4.77. The number of carbonyl (C=O) groups is 1. The molecular formula is C18H20BrClN4O2. The predicted molar refractivity (Wildman–Crippen MR) is 103 cm³/mol. The van der Waals surface area contributed by atoms with Crippen LogP contribution in [0.15, 0.2) is 16.6 Å². The van der Waals surface area contributed by atoms with Gasteiger partial charge in [0.2, 0.25) is 0 Å². The number of H-pyrrole nitrogens is 1. The number of likely N-dealkylation sites (tertiary alicyclic amines) is 1. The molecule has 0 spiro atoms. The number of nitriles is 1. The molecule has 26 heavy (non-hydrogen) atoms. The molecule has 8 heteroatoms. The Kier molecular flexibility index (Phi) is 4.93. The number of ether oxygens (including phenoxy) is 1. The lowest BCUT2D eigenvalue weighted by Crippen LogP contribution is -2.46. The van der Waals surface area contributed by atoms with Crippen molar-refractivity contribution in [3.63, 3.8) is 0 Å². The summed E-state index contributed by atoms with van der Waals surface area (Å²) in [5.41, 5.74) is 0.228. The molecule has 1 aliphatic rings. The number of amides is 1. The second-order valence-electron chi connectivity index (χ2n) is 7.53. The van der Waals surface area contributed by atoms with Crippen LogP contribution in [0.5, 0.6) is 0 Å². The molecule has 1 aromatic heterocycles. The van der Waals surface area contributed by atoms with E-state index in [1.54, 1.807) is 17.0 Å². The van der Waals surface area contributed by atoms with Crippen LogP contribution >= 0.6 is 27.5 Å². The van der Waals surface area contributed by atoms with Gasteiger partial charge in [-0.2, -0.15) is 5.26 Å². The molecule has 0 bridgehead atoms. The Morgan fingerprint density at radius 3 is 2.65 bits per heavy atom. The molecule has 6 nitrogen and oxygen atoms in total. The van der Waals surface area contributed by atoms with Gasteiger partial charge in [-0.15, -0.1) is 0 Å². The maximum absolute atomic E-state index is 12.2. The van der Waals surface area contributed by atoms with E-state index in [9.17, 15) is 10.1 Å². The van der Waals surface area contributed by atoms with Crippen molar-refractivity contribution in [1.29, 1.82) is 5.26 Å². The molecule has 0 saturated carbocycles. The molecular weight excluding hydrogens is 420 g/mol. The van der Waals surface area contributed by atoms with E-state index in [1.807, 2.05) is 20.8 Å². The second-order valence-corrected chi connectivity index (χ2v) is 8.82. The number of aromatic amines is 1. The zero-order valence-corrected chi connectivity index (χ0v) is 17.2. The standard InChI is InChI=1S/C18H20BrClN4O2/c1-17(2,3)26-16(25)24-6-4-18(10-21,5-7-24)15-22-13-9-11(20)8-12(19)14(13)23-15/h8-9H,4-7H2,1-3H3,(H,22,23). The number of fused-ring (bicyclic) bond motifs is 1. The topological polar surface area (TPSA) is 82.0 Å². The van der Waals surface area contributed by atoms with Gasteiger partial charge in [0.25, 0.3) is 0 Å².